The molecule has 0 aromatic rings. The van der Waals surface area contributed by atoms with E-state index >= 15 is 0 Å². The lowest BCUT2D eigenvalue weighted by Crippen LogP contribution is -2.67. The second-order valence-corrected chi connectivity index (χ2v) is 9.29. The monoisotopic (exact) mass is 619 g/mol. The van der Waals surface area contributed by atoms with E-state index in [4.69, 9.17) is 48.2 Å². The Hall–Kier alpha value is -4.03. The lowest BCUT2D eigenvalue weighted by Gasteiger charge is -2.48. The van der Waals surface area contributed by atoms with Gasteiger partial charge in [0.15, 0.2) is 43.1 Å². The smallest absolute Gasteiger partial charge is 0.303 e. The standard InChI is InChI=1S/C24H33N3O16/c1-9(28)35-8-16-18(36-10(2)29)20(38-12(4)31)22(40-14(6)33)24(42-16)43-17-15(7-26-27-25)41-23(34)21(39-13(5)32)19(17)37-11(3)30/h15-24,34H,7-8H2,1-6H3/t15-,16-,17-,18-,19+,20+,21-,22-,23?,24+/m1/s1. The number of carbonyl (C=O) groups is 6. The molecule has 0 bridgehead atoms. The zero-order valence-electron chi connectivity index (χ0n) is 24.1. The number of aliphatic hydroxyl groups excluding tert-OH is 1. The number of esters is 6. The van der Waals surface area contributed by atoms with Crippen molar-refractivity contribution in [2.75, 3.05) is 13.2 Å². The van der Waals surface area contributed by atoms with Crippen LogP contribution < -0.4 is 0 Å². The molecule has 0 saturated carbocycles. The Labute approximate surface area is 244 Å². The van der Waals surface area contributed by atoms with Gasteiger partial charge in [-0.05, 0) is 5.53 Å². The number of ether oxygens (including phenoxy) is 9. The van der Waals surface area contributed by atoms with Crippen molar-refractivity contribution in [2.24, 2.45) is 5.11 Å². The highest BCUT2D eigenvalue weighted by atomic mass is 16.8. The summed E-state index contributed by atoms with van der Waals surface area (Å²) in [5.74, 6) is -5.24. The van der Waals surface area contributed by atoms with Gasteiger partial charge in [0.25, 0.3) is 0 Å². The Balaban J connectivity index is 2.66. The molecule has 2 aliphatic rings. The summed E-state index contributed by atoms with van der Waals surface area (Å²) in [5, 5.41) is 14.0. The first-order valence-electron chi connectivity index (χ1n) is 12.8. The number of hydrogen-bond donors (Lipinski definition) is 1. The van der Waals surface area contributed by atoms with Crippen molar-refractivity contribution in [3.05, 3.63) is 10.4 Å². The Morgan fingerprint density at radius 3 is 1.60 bits per heavy atom. The van der Waals surface area contributed by atoms with Crippen molar-refractivity contribution in [1.82, 2.24) is 0 Å². The topological polar surface area (TPSA) is 254 Å². The molecular weight excluding hydrogens is 586 g/mol. The molecule has 0 aromatic heterocycles. The summed E-state index contributed by atoms with van der Waals surface area (Å²) in [6.07, 6.45) is -16.1. The first-order chi connectivity index (χ1) is 20.1. The van der Waals surface area contributed by atoms with E-state index in [1.54, 1.807) is 0 Å². The molecule has 19 heteroatoms. The fourth-order valence-corrected chi connectivity index (χ4v) is 4.42. The highest BCUT2D eigenvalue weighted by Gasteiger charge is 2.57. The third-order valence-corrected chi connectivity index (χ3v) is 5.78. The lowest BCUT2D eigenvalue weighted by atomic mass is 9.96. The molecule has 19 nitrogen and oxygen atoms in total. The van der Waals surface area contributed by atoms with E-state index in [1.807, 2.05) is 0 Å². The molecule has 0 aromatic carbocycles. The minimum Gasteiger partial charge on any atom is -0.463 e. The van der Waals surface area contributed by atoms with Gasteiger partial charge in [-0.3, -0.25) is 28.8 Å². The second kappa shape index (κ2) is 16.0. The largest absolute Gasteiger partial charge is 0.463 e. The Morgan fingerprint density at radius 1 is 0.651 bits per heavy atom. The zero-order chi connectivity index (χ0) is 32.4. The van der Waals surface area contributed by atoms with Crippen LogP contribution in [0, 0.1) is 0 Å². The number of carbonyl (C=O) groups excluding carboxylic acids is 6. The van der Waals surface area contributed by atoms with Crippen LogP contribution in [0.2, 0.25) is 0 Å². The molecule has 0 aliphatic carbocycles. The Morgan fingerprint density at radius 2 is 1.12 bits per heavy atom. The molecule has 0 radical (unpaired) electrons. The highest BCUT2D eigenvalue weighted by Crippen LogP contribution is 2.34. The van der Waals surface area contributed by atoms with Gasteiger partial charge in [-0.25, -0.2) is 0 Å². The Kier molecular flexibility index (Phi) is 13.1. The van der Waals surface area contributed by atoms with E-state index in [2.05, 4.69) is 10.0 Å². The maximum absolute atomic E-state index is 12.1. The fourth-order valence-electron chi connectivity index (χ4n) is 4.42. The summed E-state index contributed by atoms with van der Waals surface area (Å²) >= 11 is 0. The van der Waals surface area contributed by atoms with E-state index in [-0.39, 0.29) is 0 Å². The SMILES string of the molecule is CC(=O)OC[C@H]1O[C@@H](O[C@H]2[C@H](OC(C)=O)[C@@H](OC(C)=O)C(O)O[C@@H]2CN=[N+]=[N-])[C@H](OC(C)=O)[C@@H](OC(C)=O)[C@@H]1OC(C)=O. The summed E-state index contributed by atoms with van der Waals surface area (Å²) in [4.78, 5) is 74.3. The molecule has 2 rings (SSSR count). The van der Waals surface area contributed by atoms with E-state index in [0.29, 0.717) is 0 Å². The van der Waals surface area contributed by atoms with Crippen molar-refractivity contribution in [1.29, 1.82) is 0 Å². The lowest BCUT2D eigenvalue weighted by molar-refractivity contribution is -0.354. The molecule has 2 heterocycles. The molecule has 2 aliphatic heterocycles. The average molecular weight is 620 g/mol. The number of rotatable bonds is 11. The van der Waals surface area contributed by atoms with Gasteiger partial charge < -0.3 is 47.7 Å². The van der Waals surface area contributed by atoms with Crippen molar-refractivity contribution in [3.63, 3.8) is 0 Å². The molecule has 10 atom stereocenters. The highest BCUT2D eigenvalue weighted by molar-refractivity contribution is 5.69. The van der Waals surface area contributed by atoms with Gasteiger partial charge in [0.1, 0.15) is 18.8 Å². The van der Waals surface area contributed by atoms with Crippen molar-refractivity contribution in [2.45, 2.75) is 103 Å². The molecular formula is C24H33N3O16. The van der Waals surface area contributed by atoms with Crippen LogP contribution in [0.1, 0.15) is 41.5 Å². The number of nitrogens with zero attached hydrogens (tertiary/aromatic N) is 3. The molecule has 240 valence electrons. The minimum atomic E-state index is -1.89. The molecule has 1 N–H and O–H groups in total. The van der Waals surface area contributed by atoms with Crippen molar-refractivity contribution < 1.29 is 76.5 Å². The predicted octanol–water partition coefficient (Wildman–Crippen LogP) is -0.654. The van der Waals surface area contributed by atoms with Gasteiger partial charge >= 0.3 is 35.8 Å². The molecule has 2 fully saturated rings. The summed E-state index contributed by atoms with van der Waals surface area (Å²) in [7, 11) is 0. The number of azide groups is 1. The third-order valence-electron chi connectivity index (χ3n) is 5.78. The summed E-state index contributed by atoms with van der Waals surface area (Å²) < 4.78 is 48.9. The molecule has 1 unspecified atom stereocenters. The van der Waals surface area contributed by atoms with Crippen molar-refractivity contribution >= 4 is 35.8 Å². The van der Waals surface area contributed by atoms with Crippen LogP contribution in [0.4, 0.5) is 0 Å². The minimum absolute atomic E-state index is 0.520. The summed E-state index contributed by atoms with van der Waals surface area (Å²) in [5.41, 5.74) is 8.88. The third kappa shape index (κ3) is 10.3. The van der Waals surface area contributed by atoms with E-state index in [0.717, 1.165) is 41.5 Å². The van der Waals surface area contributed by atoms with Crippen LogP contribution in [0.25, 0.3) is 10.4 Å². The van der Waals surface area contributed by atoms with E-state index < -0.39 is 110 Å². The molecule has 0 spiro atoms. The van der Waals surface area contributed by atoms with Crippen LogP contribution in [0.15, 0.2) is 5.11 Å². The molecule has 0 amide bonds. The average Bonchev–Trinajstić information content (AvgIpc) is 2.87. The van der Waals surface area contributed by atoms with Gasteiger partial charge in [0.05, 0.1) is 12.6 Å². The number of aliphatic hydroxyl groups is 1. The maximum Gasteiger partial charge on any atom is 0.303 e. The van der Waals surface area contributed by atoms with E-state index in [1.165, 1.54) is 0 Å². The van der Waals surface area contributed by atoms with Gasteiger partial charge in [0, 0.05) is 46.5 Å². The van der Waals surface area contributed by atoms with Gasteiger partial charge in [-0.1, -0.05) is 5.11 Å². The predicted molar refractivity (Wildman–Crippen MR) is 133 cm³/mol. The van der Waals surface area contributed by atoms with Crippen molar-refractivity contribution in [3.8, 4) is 0 Å². The number of hydrogen-bond acceptors (Lipinski definition) is 17. The van der Waals surface area contributed by atoms with E-state index in [9.17, 15) is 33.9 Å². The molecule has 43 heavy (non-hydrogen) atoms. The van der Waals surface area contributed by atoms with Gasteiger partial charge in [-0.15, -0.1) is 0 Å². The normalized spacial score (nSPS) is 31.8. The van der Waals surface area contributed by atoms with Crippen LogP contribution in [0.3, 0.4) is 0 Å². The first-order valence-corrected chi connectivity index (χ1v) is 12.8. The zero-order valence-corrected chi connectivity index (χ0v) is 24.1. The van der Waals surface area contributed by atoms with Crippen LogP contribution in [-0.4, -0.2) is 115 Å². The first kappa shape index (κ1) is 35.2. The second-order valence-electron chi connectivity index (χ2n) is 9.29. The quantitative estimate of drug-likeness (QED) is 0.0990. The van der Waals surface area contributed by atoms with Crippen LogP contribution in [0.5, 0.6) is 0 Å². The summed E-state index contributed by atoms with van der Waals surface area (Å²) in [6, 6.07) is 0. The maximum atomic E-state index is 12.1. The Bertz CT molecular complexity index is 1110. The van der Waals surface area contributed by atoms with Crippen LogP contribution >= 0.6 is 0 Å². The van der Waals surface area contributed by atoms with Gasteiger partial charge in [-0.2, -0.15) is 0 Å². The fraction of sp³-hybridized carbons (Fsp3) is 0.750. The molecule has 2 saturated heterocycles. The van der Waals surface area contributed by atoms with Gasteiger partial charge in [0.2, 0.25) is 0 Å². The van der Waals surface area contributed by atoms with Crippen LogP contribution in [-0.2, 0) is 71.4 Å². The summed E-state index contributed by atoms with van der Waals surface area (Å²) in [6.45, 7) is 5.11.